The number of thiophene rings is 1. The van der Waals surface area contributed by atoms with Crippen molar-refractivity contribution in [3.05, 3.63) is 17.8 Å². The minimum absolute atomic E-state index is 0.907. The van der Waals surface area contributed by atoms with E-state index in [9.17, 15) is 0 Å². The van der Waals surface area contributed by atoms with Gasteiger partial charge in [0.25, 0.3) is 0 Å². The van der Waals surface area contributed by atoms with Gasteiger partial charge in [0.05, 0.1) is 10.2 Å². The molecule has 3 nitrogen and oxygen atoms in total. The van der Waals surface area contributed by atoms with Crippen LogP contribution in [0.3, 0.4) is 0 Å². The number of rotatable bonds is 4. The van der Waals surface area contributed by atoms with Crippen molar-refractivity contribution in [3.63, 3.8) is 0 Å². The minimum Gasteiger partial charge on any atom is -0.369 e. The molecule has 2 aromatic rings. The standard InChI is InChI=1S/C15H21N3S/c1-11-2-4-12(5-3-11)6-8-16-15-14-13(7-9-19-14)17-10-18-15/h7,9-12H,2-6,8H2,1H3,(H,16,17,18). The zero-order valence-electron chi connectivity index (χ0n) is 11.4. The van der Waals surface area contributed by atoms with Crippen molar-refractivity contribution in [3.8, 4) is 0 Å². The number of anilines is 1. The molecule has 0 radical (unpaired) electrons. The highest BCUT2D eigenvalue weighted by atomic mass is 32.1. The van der Waals surface area contributed by atoms with Crippen LogP contribution in [0.15, 0.2) is 17.8 Å². The van der Waals surface area contributed by atoms with Crippen LogP contribution in [0.2, 0.25) is 0 Å². The highest BCUT2D eigenvalue weighted by molar-refractivity contribution is 7.17. The van der Waals surface area contributed by atoms with Gasteiger partial charge in [-0.05, 0) is 29.7 Å². The van der Waals surface area contributed by atoms with Gasteiger partial charge in [-0.2, -0.15) is 0 Å². The third kappa shape index (κ3) is 3.06. The van der Waals surface area contributed by atoms with Gasteiger partial charge in [0, 0.05) is 6.54 Å². The zero-order chi connectivity index (χ0) is 13.1. The Morgan fingerprint density at radius 3 is 2.95 bits per heavy atom. The highest BCUT2D eigenvalue weighted by Crippen LogP contribution is 2.30. The molecular formula is C15H21N3S. The van der Waals surface area contributed by atoms with E-state index in [1.807, 2.05) is 0 Å². The maximum Gasteiger partial charge on any atom is 0.147 e. The summed E-state index contributed by atoms with van der Waals surface area (Å²) >= 11 is 1.71. The third-order valence-corrected chi connectivity index (χ3v) is 5.13. The van der Waals surface area contributed by atoms with Crippen LogP contribution < -0.4 is 5.32 Å². The average molecular weight is 275 g/mol. The molecule has 2 aromatic heterocycles. The lowest BCUT2D eigenvalue weighted by atomic mass is 9.81. The molecule has 102 valence electrons. The number of hydrogen-bond acceptors (Lipinski definition) is 4. The van der Waals surface area contributed by atoms with Crippen molar-refractivity contribution in [2.45, 2.75) is 39.0 Å². The number of aromatic nitrogens is 2. The Morgan fingerprint density at radius 1 is 1.26 bits per heavy atom. The third-order valence-electron chi connectivity index (χ3n) is 4.22. The summed E-state index contributed by atoms with van der Waals surface area (Å²) in [7, 11) is 0. The lowest BCUT2D eigenvalue weighted by Gasteiger charge is -2.26. The smallest absolute Gasteiger partial charge is 0.147 e. The summed E-state index contributed by atoms with van der Waals surface area (Å²) in [6.45, 7) is 3.41. The van der Waals surface area contributed by atoms with Crippen LogP contribution in [0, 0.1) is 11.8 Å². The van der Waals surface area contributed by atoms with Crippen LogP contribution in [0.5, 0.6) is 0 Å². The molecule has 0 saturated heterocycles. The Morgan fingerprint density at radius 2 is 2.11 bits per heavy atom. The zero-order valence-corrected chi connectivity index (χ0v) is 12.2. The van der Waals surface area contributed by atoms with Crippen molar-refractivity contribution >= 4 is 27.4 Å². The molecule has 19 heavy (non-hydrogen) atoms. The van der Waals surface area contributed by atoms with E-state index in [1.54, 1.807) is 17.7 Å². The van der Waals surface area contributed by atoms with Gasteiger partial charge < -0.3 is 5.32 Å². The quantitative estimate of drug-likeness (QED) is 0.903. The van der Waals surface area contributed by atoms with E-state index in [1.165, 1.54) is 36.8 Å². The summed E-state index contributed by atoms with van der Waals surface area (Å²) in [5.74, 6) is 2.85. The van der Waals surface area contributed by atoms with E-state index in [2.05, 4.69) is 33.7 Å². The number of fused-ring (bicyclic) bond motifs is 1. The molecule has 1 fully saturated rings. The van der Waals surface area contributed by atoms with Crippen LogP contribution in [-0.2, 0) is 0 Å². The second kappa shape index (κ2) is 5.87. The number of nitrogens with one attached hydrogen (secondary N) is 1. The maximum absolute atomic E-state index is 4.36. The van der Waals surface area contributed by atoms with Crippen LogP contribution in [0.1, 0.15) is 39.0 Å². The predicted octanol–water partition coefficient (Wildman–Crippen LogP) is 4.32. The van der Waals surface area contributed by atoms with Gasteiger partial charge >= 0.3 is 0 Å². The van der Waals surface area contributed by atoms with Gasteiger partial charge in [-0.1, -0.05) is 32.6 Å². The second-order valence-corrected chi connectivity index (χ2v) is 6.61. The first-order valence-electron chi connectivity index (χ1n) is 7.25. The van der Waals surface area contributed by atoms with Crippen LogP contribution in [0.4, 0.5) is 5.82 Å². The van der Waals surface area contributed by atoms with Crippen molar-refractivity contribution in [1.29, 1.82) is 0 Å². The normalized spacial score (nSPS) is 23.6. The Bertz CT molecular complexity index is 529. The van der Waals surface area contributed by atoms with Gasteiger partial charge in [0.15, 0.2) is 0 Å². The summed E-state index contributed by atoms with van der Waals surface area (Å²) in [5.41, 5.74) is 1.05. The first kappa shape index (κ1) is 12.9. The van der Waals surface area contributed by atoms with E-state index in [0.717, 1.165) is 29.7 Å². The van der Waals surface area contributed by atoms with E-state index in [0.29, 0.717) is 0 Å². The van der Waals surface area contributed by atoms with Gasteiger partial charge in [0.2, 0.25) is 0 Å². The molecule has 1 aliphatic rings. The van der Waals surface area contributed by atoms with Crippen LogP contribution >= 0.6 is 11.3 Å². The van der Waals surface area contributed by atoms with Crippen molar-refractivity contribution in [2.75, 3.05) is 11.9 Å². The molecular weight excluding hydrogens is 254 g/mol. The lowest BCUT2D eigenvalue weighted by Crippen LogP contribution is -2.16. The number of hydrogen-bond donors (Lipinski definition) is 1. The molecule has 3 rings (SSSR count). The van der Waals surface area contributed by atoms with Gasteiger partial charge in [0.1, 0.15) is 12.1 Å². The molecule has 2 heterocycles. The molecule has 1 N–H and O–H groups in total. The topological polar surface area (TPSA) is 37.8 Å². The molecule has 0 aliphatic heterocycles. The van der Waals surface area contributed by atoms with E-state index < -0.39 is 0 Å². The molecule has 0 amide bonds. The molecule has 4 heteroatoms. The average Bonchev–Trinajstić information content (AvgIpc) is 2.90. The fourth-order valence-electron chi connectivity index (χ4n) is 2.93. The monoisotopic (exact) mass is 275 g/mol. The van der Waals surface area contributed by atoms with Crippen LogP contribution in [0.25, 0.3) is 10.2 Å². The molecule has 1 saturated carbocycles. The lowest BCUT2D eigenvalue weighted by molar-refractivity contribution is 0.282. The Kier molecular flexibility index (Phi) is 3.97. The van der Waals surface area contributed by atoms with Crippen molar-refractivity contribution in [2.24, 2.45) is 11.8 Å². The fraction of sp³-hybridized carbons (Fsp3) is 0.600. The first-order chi connectivity index (χ1) is 9.33. The largest absolute Gasteiger partial charge is 0.369 e. The summed E-state index contributed by atoms with van der Waals surface area (Å²) in [6.07, 6.45) is 8.55. The summed E-state index contributed by atoms with van der Waals surface area (Å²) < 4.78 is 1.18. The van der Waals surface area contributed by atoms with Crippen molar-refractivity contribution in [1.82, 2.24) is 9.97 Å². The van der Waals surface area contributed by atoms with Gasteiger partial charge in [-0.25, -0.2) is 9.97 Å². The Balaban J connectivity index is 1.53. The molecule has 0 spiro atoms. The van der Waals surface area contributed by atoms with E-state index in [4.69, 9.17) is 0 Å². The highest BCUT2D eigenvalue weighted by Gasteiger charge is 2.17. The Labute approximate surface area is 118 Å². The number of nitrogens with zero attached hydrogens (tertiary/aromatic N) is 2. The minimum atomic E-state index is 0.907. The van der Waals surface area contributed by atoms with Gasteiger partial charge in [-0.15, -0.1) is 11.3 Å². The Hall–Kier alpha value is -1.16. The SMILES string of the molecule is CC1CCC(CCNc2ncnc3ccsc23)CC1. The summed E-state index contributed by atoms with van der Waals surface area (Å²) in [5, 5.41) is 5.57. The van der Waals surface area contributed by atoms with Gasteiger partial charge in [-0.3, -0.25) is 0 Å². The second-order valence-electron chi connectivity index (χ2n) is 5.70. The summed E-state index contributed by atoms with van der Waals surface area (Å²) in [4.78, 5) is 8.63. The maximum atomic E-state index is 4.36. The van der Waals surface area contributed by atoms with E-state index >= 15 is 0 Å². The summed E-state index contributed by atoms with van der Waals surface area (Å²) in [6, 6.07) is 2.05. The molecule has 0 bridgehead atoms. The predicted molar refractivity (Wildman–Crippen MR) is 81.6 cm³/mol. The van der Waals surface area contributed by atoms with Crippen LogP contribution in [-0.4, -0.2) is 16.5 Å². The fourth-order valence-corrected chi connectivity index (χ4v) is 3.74. The molecule has 0 unspecified atom stereocenters. The molecule has 0 atom stereocenters. The molecule has 1 aliphatic carbocycles. The van der Waals surface area contributed by atoms with Crippen molar-refractivity contribution < 1.29 is 0 Å². The van der Waals surface area contributed by atoms with E-state index in [-0.39, 0.29) is 0 Å². The first-order valence-corrected chi connectivity index (χ1v) is 8.13. The molecule has 0 aromatic carbocycles.